The van der Waals surface area contributed by atoms with Gasteiger partial charge >= 0.3 is 5.97 Å². The lowest BCUT2D eigenvalue weighted by molar-refractivity contribution is 0.0692. The Morgan fingerprint density at radius 2 is 2.10 bits per heavy atom. The van der Waals surface area contributed by atoms with E-state index in [4.69, 9.17) is 0 Å². The van der Waals surface area contributed by atoms with E-state index in [0.717, 1.165) is 11.8 Å². The van der Waals surface area contributed by atoms with Gasteiger partial charge in [0.05, 0.1) is 17.9 Å². The average molecular weight is 274 g/mol. The Morgan fingerprint density at radius 3 is 2.70 bits per heavy atom. The van der Waals surface area contributed by atoms with Gasteiger partial charge < -0.3 is 10.0 Å². The second kappa shape index (κ2) is 6.14. The lowest BCUT2D eigenvalue weighted by atomic mass is 10.1. The van der Waals surface area contributed by atoms with Crippen molar-refractivity contribution < 1.29 is 14.3 Å². The number of halogens is 1. The van der Waals surface area contributed by atoms with Gasteiger partial charge in [-0.2, -0.15) is 0 Å². The fourth-order valence-corrected chi connectivity index (χ4v) is 2.04. The minimum absolute atomic E-state index is 0.301. The topological polar surface area (TPSA) is 53.4 Å². The lowest BCUT2D eigenvalue weighted by Gasteiger charge is -2.24. The molecule has 1 heterocycles. The number of carbonyl (C=O) groups is 1. The third-order valence-corrected chi connectivity index (χ3v) is 3.01. The summed E-state index contributed by atoms with van der Waals surface area (Å²) in [5, 5.41) is 9.17. The van der Waals surface area contributed by atoms with E-state index >= 15 is 0 Å². The largest absolute Gasteiger partial charge is 0.478 e. The molecule has 0 spiro atoms. The standard InChI is InChI=1S/C15H15FN2O2/c1-2-18(10-11-6-3-4-9-17-11)13-8-5-7-12(16)14(13)15(19)20/h3-9H,2,10H2,1H3,(H,19,20). The van der Waals surface area contributed by atoms with Crippen LogP contribution in [0.15, 0.2) is 42.6 Å². The summed E-state index contributed by atoms with van der Waals surface area (Å²) < 4.78 is 13.7. The molecule has 1 aromatic heterocycles. The highest BCUT2D eigenvalue weighted by Crippen LogP contribution is 2.24. The predicted molar refractivity (Wildman–Crippen MR) is 74.3 cm³/mol. The summed E-state index contributed by atoms with van der Waals surface area (Å²) in [5.74, 6) is -1.99. The molecular weight excluding hydrogens is 259 g/mol. The zero-order chi connectivity index (χ0) is 14.5. The highest BCUT2D eigenvalue weighted by molar-refractivity contribution is 5.94. The third-order valence-electron chi connectivity index (χ3n) is 3.01. The van der Waals surface area contributed by atoms with E-state index in [1.165, 1.54) is 6.07 Å². The maximum atomic E-state index is 13.7. The summed E-state index contributed by atoms with van der Waals surface area (Å²) in [5.41, 5.74) is 0.867. The molecule has 2 aromatic rings. The van der Waals surface area contributed by atoms with Crippen LogP contribution in [0.25, 0.3) is 0 Å². The summed E-state index contributed by atoms with van der Waals surface area (Å²) in [7, 11) is 0. The minimum atomic E-state index is -1.27. The van der Waals surface area contributed by atoms with Crippen molar-refractivity contribution in [3.05, 3.63) is 59.7 Å². The first-order valence-electron chi connectivity index (χ1n) is 6.30. The molecule has 0 aliphatic heterocycles. The monoisotopic (exact) mass is 274 g/mol. The smallest absolute Gasteiger partial charge is 0.340 e. The normalized spacial score (nSPS) is 10.3. The summed E-state index contributed by atoms with van der Waals surface area (Å²) in [6.07, 6.45) is 1.67. The molecule has 0 radical (unpaired) electrons. The molecule has 0 unspecified atom stereocenters. The van der Waals surface area contributed by atoms with Crippen molar-refractivity contribution in [2.45, 2.75) is 13.5 Å². The molecule has 0 saturated carbocycles. The quantitative estimate of drug-likeness (QED) is 0.910. The number of rotatable bonds is 5. The third kappa shape index (κ3) is 2.93. The Balaban J connectivity index is 2.37. The Hall–Kier alpha value is -2.43. The number of aromatic carboxylic acids is 1. The van der Waals surface area contributed by atoms with Crippen LogP contribution in [0.3, 0.4) is 0 Å². The summed E-state index contributed by atoms with van der Waals surface area (Å²) in [4.78, 5) is 17.2. The van der Waals surface area contributed by atoms with Crippen LogP contribution in [0.1, 0.15) is 23.0 Å². The maximum absolute atomic E-state index is 13.7. The number of hydrogen-bond donors (Lipinski definition) is 1. The molecule has 0 aliphatic rings. The van der Waals surface area contributed by atoms with E-state index in [0.29, 0.717) is 18.8 Å². The molecule has 5 heteroatoms. The highest BCUT2D eigenvalue weighted by Gasteiger charge is 2.19. The molecule has 0 aliphatic carbocycles. The van der Waals surface area contributed by atoms with Crippen molar-refractivity contribution >= 4 is 11.7 Å². The second-order valence-electron chi connectivity index (χ2n) is 4.27. The SMILES string of the molecule is CCN(Cc1ccccn1)c1cccc(F)c1C(=O)O. The average Bonchev–Trinajstić information content (AvgIpc) is 2.45. The van der Waals surface area contributed by atoms with Gasteiger partial charge in [0, 0.05) is 12.7 Å². The Morgan fingerprint density at radius 1 is 1.30 bits per heavy atom. The van der Waals surface area contributed by atoms with Crippen LogP contribution in [0.2, 0.25) is 0 Å². The van der Waals surface area contributed by atoms with Crippen molar-refractivity contribution in [1.82, 2.24) is 4.98 Å². The summed E-state index contributed by atoms with van der Waals surface area (Å²) in [6, 6.07) is 9.80. The number of nitrogens with zero attached hydrogens (tertiary/aromatic N) is 2. The Kier molecular flexibility index (Phi) is 4.30. The van der Waals surface area contributed by atoms with Gasteiger partial charge in [-0.1, -0.05) is 12.1 Å². The van der Waals surface area contributed by atoms with Crippen molar-refractivity contribution in [3.63, 3.8) is 0 Å². The molecule has 0 bridgehead atoms. The van der Waals surface area contributed by atoms with Crippen LogP contribution in [0, 0.1) is 5.82 Å². The molecule has 0 saturated heterocycles. The first-order valence-corrected chi connectivity index (χ1v) is 6.30. The molecule has 1 N–H and O–H groups in total. The first-order chi connectivity index (χ1) is 9.63. The summed E-state index contributed by atoms with van der Waals surface area (Å²) >= 11 is 0. The van der Waals surface area contributed by atoms with Gasteiger partial charge in [0.25, 0.3) is 0 Å². The number of carboxylic acids is 1. The van der Waals surface area contributed by atoms with Gasteiger partial charge in [0.15, 0.2) is 0 Å². The highest BCUT2D eigenvalue weighted by atomic mass is 19.1. The molecule has 0 amide bonds. The first kappa shape index (κ1) is 14.0. The van der Waals surface area contributed by atoms with E-state index < -0.39 is 11.8 Å². The van der Waals surface area contributed by atoms with Crippen molar-refractivity contribution in [1.29, 1.82) is 0 Å². The van der Waals surface area contributed by atoms with Crippen LogP contribution >= 0.6 is 0 Å². The second-order valence-corrected chi connectivity index (χ2v) is 4.27. The van der Waals surface area contributed by atoms with Gasteiger partial charge in [-0.25, -0.2) is 9.18 Å². The molecule has 1 aromatic carbocycles. The van der Waals surface area contributed by atoms with Gasteiger partial charge in [0.2, 0.25) is 0 Å². The van der Waals surface area contributed by atoms with Crippen LogP contribution in [0.4, 0.5) is 10.1 Å². The van der Waals surface area contributed by atoms with Gasteiger partial charge in [-0.3, -0.25) is 4.98 Å². The molecule has 104 valence electrons. The van der Waals surface area contributed by atoms with E-state index in [1.54, 1.807) is 17.2 Å². The van der Waals surface area contributed by atoms with Crippen molar-refractivity contribution in [3.8, 4) is 0 Å². The minimum Gasteiger partial charge on any atom is -0.478 e. The molecule has 2 rings (SSSR count). The van der Waals surface area contributed by atoms with E-state index in [-0.39, 0.29) is 5.56 Å². The van der Waals surface area contributed by atoms with E-state index in [9.17, 15) is 14.3 Å². The van der Waals surface area contributed by atoms with Gasteiger partial charge in [-0.05, 0) is 31.2 Å². The molecule has 0 atom stereocenters. The Bertz CT molecular complexity index is 602. The molecule has 4 nitrogen and oxygen atoms in total. The maximum Gasteiger partial charge on any atom is 0.340 e. The van der Waals surface area contributed by atoms with Crippen LogP contribution in [0.5, 0.6) is 0 Å². The number of carboxylic acid groups (broad SMARTS) is 1. The number of aromatic nitrogens is 1. The zero-order valence-electron chi connectivity index (χ0n) is 11.1. The molecular formula is C15H15FN2O2. The number of anilines is 1. The number of hydrogen-bond acceptors (Lipinski definition) is 3. The fourth-order valence-electron chi connectivity index (χ4n) is 2.04. The van der Waals surface area contributed by atoms with Crippen LogP contribution < -0.4 is 4.90 Å². The fraction of sp³-hybridized carbons (Fsp3) is 0.200. The lowest BCUT2D eigenvalue weighted by Crippen LogP contribution is -2.25. The van der Waals surface area contributed by atoms with Crippen molar-refractivity contribution in [2.24, 2.45) is 0 Å². The van der Waals surface area contributed by atoms with Gasteiger partial charge in [0.1, 0.15) is 11.4 Å². The number of benzene rings is 1. The van der Waals surface area contributed by atoms with Crippen LogP contribution in [-0.2, 0) is 6.54 Å². The predicted octanol–water partition coefficient (Wildman–Crippen LogP) is 2.95. The number of pyridine rings is 1. The van der Waals surface area contributed by atoms with Crippen molar-refractivity contribution in [2.75, 3.05) is 11.4 Å². The van der Waals surface area contributed by atoms with E-state index in [2.05, 4.69) is 4.98 Å². The molecule has 0 fully saturated rings. The zero-order valence-corrected chi connectivity index (χ0v) is 11.1. The van der Waals surface area contributed by atoms with Gasteiger partial charge in [-0.15, -0.1) is 0 Å². The Labute approximate surface area is 116 Å². The van der Waals surface area contributed by atoms with Crippen LogP contribution in [-0.4, -0.2) is 22.6 Å². The van der Waals surface area contributed by atoms with E-state index in [1.807, 2.05) is 25.1 Å². The summed E-state index contributed by atoms with van der Waals surface area (Å²) in [6.45, 7) is 2.88. The molecule has 20 heavy (non-hydrogen) atoms.